The van der Waals surface area contributed by atoms with Gasteiger partial charge in [0.25, 0.3) is 5.91 Å². The van der Waals surface area contributed by atoms with E-state index >= 15 is 0 Å². The lowest BCUT2D eigenvalue weighted by Gasteiger charge is -2.19. The molecule has 0 saturated carbocycles. The fourth-order valence-electron chi connectivity index (χ4n) is 4.58. The molecule has 4 aromatic carbocycles. The van der Waals surface area contributed by atoms with Crippen LogP contribution in [-0.2, 0) is 11.0 Å². The van der Waals surface area contributed by atoms with Crippen LogP contribution in [0.15, 0.2) is 84.0 Å². The third-order valence-electron chi connectivity index (χ3n) is 6.71. The van der Waals surface area contributed by atoms with Gasteiger partial charge in [0.05, 0.1) is 22.5 Å². The van der Waals surface area contributed by atoms with Crippen LogP contribution in [0.2, 0.25) is 0 Å². The molecule has 0 atom stereocenters. The van der Waals surface area contributed by atoms with Crippen molar-refractivity contribution in [3.05, 3.63) is 107 Å². The highest BCUT2D eigenvalue weighted by Gasteiger charge is 2.38. The standard InChI is InChI=1S/C30H22F3N3O4/c1-16-13-23-24(14-17(16)2)36(19-8-5-7-18(15-19)30(31,32)33)28(38)27(23)35-34-26-21(10-6-11-22(26)29(39)40)20-9-3-4-12-25(20)37/h3-15,34,37H,1-2H3,(H,39,40)/b35-27-. The first-order valence-corrected chi connectivity index (χ1v) is 12.1. The van der Waals surface area contributed by atoms with Crippen molar-refractivity contribution in [1.82, 2.24) is 0 Å². The number of phenolic OH excluding ortho intramolecular Hbond substituents is 1. The molecule has 0 unspecified atom stereocenters. The first kappa shape index (κ1) is 26.5. The van der Waals surface area contributed by atoms with Gasteiger partial charge in [-0.1, -0.05) is 36.4 Å². The van der Waals surface area contributed by atoms with Crippen molar-refractivity contribution in [2.24, 2.45) is 5.10 Å². The number of halogens is 3. The zero-order valence-electron chi connectivity index (χ0n) is 21.2. The number of nitrogens with one attached hydrogen (secondary N) is 1. The number of aromatic hydroxyl groups is 1. The monoisotopic (exact) mass is 545 g/mol. The van der Waals surface area contributed by atoms with Crippen molar-refractivity contribution in [3.63, 3.8) is 0 Å². The first-order valence-electron chi connectivity index (χ1n) is 12.1. The molecular formula is C30H22F3N3O4. The molecule has 0 aromatic heterocycles. The maximum atomic E-state index is 13.7. The second-order valence-electron chi connectivity index (χ2n) is 9.26. The molecule has 0 radical (unpaired) electrons. The number of aromatic carboxylic acids is 1. The number of alkyl halides is 3. The number of hydrogen-bond donors (Lipinski definition) is 3. The van der Waals surface area contributed by atoms with E-state index in [1.165, 1.54) is 30.3 Å². The summed E-state index contributed by atoms with van der Waals surface area (Å²) < 4.78 is 40.4. The quantitative estimate of drug-likeness (QED) is 0.237. The first-order chi connectivity index (χ1) is 19.0. The number of carbonyl (C=O) groups excluding carboxylic acids is 1. The van der Waals surface area contributed by atoms with E-state index in [0.717, 1.165) is 28.2 Å². The summed E-state index contributed by atoms with van der Waals surface area (Å²) in [4.78, 5) is 26.9. The number of carboxylic acid groups (broad SMARTS) is 1. The zero-order chi connectivity index (χ0) is 28.8. The Morgan fingerprint density at radius 1 is 0.875 bits per heavy atom. The molecule has 0 spiro atoms. The van der Waals surface area contributed by atoms with Gasteiger partial charge in [-0.05, 0) is 67.4 Å². The Hall–Kier alpha value is -5.12. The summed E-state index contributed by atoms with van der Waals surface area (Å²) in [7, 11) is 0. The van der Waals surface area contributed by atoms with E-state index in [2.05, 4.69) is 10.5 Å². The maximum absolute atomic E-state index is 13.7. The summed E-state index contributed by atoms with van der Waals surface area (Å²) >= 11 is 0. The summed E-state index contributed by atoms with van der Waals surface area (Å²) in [5.74, 6) is -2.05. The van der Waals surface area contributed by atoms with Crippen molar-refractivity contribution < 1.29 is 33.0 Å². The number of fused-ring (bicyclic) bond motifs is 1. The summed E-state index contributed by atoms with van der Waals surface area (Å²) in [5.41, 5.74) is 4.59. The van der Waals surface area contributed by atoms with Gasteiger partial charge in [0.15, 0.2) is 5.71 Å². The molecule has 1 heterocycles. The van der Waals surface area contributed by atoms with Gasteiger partial charge in [-0.2, -0.15) is 18.3 Å². The summed E-state index contributed by atoms with van der Waals surface area (Å²) in [5, 5.41) is 24.6. The van der Waals surface area contributed by atoms with Crippen molar-refractivity contribution in [3.8, 4) is 16.9 Å². The molecule has 0 fully saturated rings. The number of carboxylic acids is 1. The molecule has 0 bridgehead atoms. The fourth-order valence-corrected chi connectivity index (χ4v) is 4.58. The maximum Gasteiger partial charge on any atom is 0.416 e. The average Bonchev–Trinajstić information content (AvgIpc) is 3.17. The summed E-state index contributed by atoms with van der Waals surface area (Å²) in [6.07, 6.45) is -4.61. The number of anilines is 3. The molecule has 1 aliphatic heterocycles. The number of para-hydroxylation sites is 2. The number of carbonyl (C=O) groups is 2. The van der Waals surface area contributed by atoms with Gasteiger partial charge in [0, 0.05) is 22.4 Å². The van der Waals surface area contributed by atoms with Crippen LogP contribution in [0.4, 0.5) is 30.2 Å². The van der Waals surface area contributed by atoms with Crippen molar-refractivity contribution in [1.29, 1.82) is 0 Å². The van der Waals surface area contributed by atoms with Crippen LogP contribution in [0.5, 0.6) is 5.75 Å². The van der Waals surface area contributed by atoms with Gasteiger partial charge in [0.1, 0.15) is 5.75 Å². The Labute approximate surface area is 226 Å². The van der Waals surface area contributed by atoms with Crippen LogP contribution in [0.25, 0.3) is 11.1 Å². The molecule has 10 heteroatoms. The normalized spacial score (nSPS) is 14.0. The van der Waals surface area contributed by atoms with E-state index < -0.39 is 23.6 Å². The van der Waals surface area contributed by atoms with Gasteiger partial charge in [-0.3, -0.25) is 15.1 Å². The predicted octanol–water partition coefficient (Wildman–Crippen LogP) is 6.89. The molecule has 202 valence electrons. The summed E-state index contributed by atoms with van der Waals surface area (Å²) in [6, 6.07) is 18.7. The molecule has 5 rings (SSSR count). The van der Waals surface area contributed by atoms with Crippen molar-refractivity contribution in [2.75, 3.05) is 10.3 Å². The zero-order valence-corrected chi connectivity index (χ0v) is 21.2. The number of phenols is 1. The number of aryl methyl sites for hydroxylation is 2. The van der Waals surface area contributed by atoms with Crippen LogP contribution in [0.3, 0.4) is 0 Å². The Morgan fingerprint density at radius 3 is 2.25 bits per heavy atom. The highest BCUT2D eigenvalue weighted by atomic mass is 19.4. The molecule has 40 heavy (non-hydrogen) atoms. The molecule has 3 N–H and O–H groups in total. The topological polar surface area (TPSA) is 102 Å². The molecule has 7 nitrogen and oxygen atoms in total. The minimum Gasteiger partial charge on any atom is -0.507 e. The van der Waals surface area contributed by atoms with Crippen LogP contribution in [0, 0.1) is 13.8 Å². The van der Waals surface area contributed by atoms with E-state index in [1.807, 2.05) is 13.8 Å². The molecule has 1 aliphatic rings. The fraction of sp³-hybridized carbons (Fsp3) is 0.100. The van der Waals surface area contributed by atoms with Crippen molar-refractivity contribution >= 4 is 34.7 Å². The third-order valence-corrected chi connectivity index (χ3v) is 6.71. The molecule has 0 saturated heterocycles. The minimum atomic E-state index is -4.61. The summed E-state index contributed by atoms with van der Waals surface area (Å²) in [6.45, 7) is 3.65. The largest absolute Gasteiger partial charge is 0.507 e. The number of nitrogens with zero attached hydrogens (tertiary/aromatic N) is 2. The number of hydrazone groups is 1. The minimum absolute atomic E-state index is 0.00959. The molecule has 4 aromatic rings. The van der Waals surface area contributed by atoms with E-state index in [4.69, 9.17) is 0 Å². The van der Waals surface area contributed by atoms with Crippen LogP contribution in [0.1, 0.15) is 32.6 Å². The third kappa shape index (κ3) is 4.64. The highest BCUT2D eigenvalue weighted by Crippen LogP contribution is 2.41. The number of hydrogen-bond acceptors (Lipinski definition) is 5. The Kier molecular flexibility index (Phi) is 6.54. The Bertz CT molecular complexity index is 1710. The van der Waals surface area contributed by atoms with E-state index in [-0.39, 0.29) is 28.4 Å². The molecular weight excluding hydrogens is 523 g/mol. The van der Waals surface area contributed by atoms with E-state index in [0.29, 0.717) is 22.4 Å². The van der Waals surface area contributed by atoms with E-state index in [9.17, 15) is 33.0 Å². The van der Waals surface area contributed by atoms with Crippen LogP contribution in [-0.4, -0.2) is 27.8 Å². The van der Waals surface area contributed by atoms with Crippen LogP contribution < -0.4 is 10.3 Å². The Balaban J connectivity index is 1.66. The van der Waals surface area contributed by atoms with Gasteiger partial charge in [0.2, 0.25) is 0 Å². The lowest BCUT2D eigenvalue weighted by Crippen LogP contribution is -2.26. The predicted molar refractivity (Wildman–Crippen MR) is 145 cm³/mol. The SMILES string of the molecule is Cc1cc2c(cc1C)N(c1cccc(C(F)(F)F)c1)C(=O)/C2=N\Nc1c(C(=O)O)cccc1-c1ccccc1O. The number of rotatable bonds is 5. The number of benzene rings is 4. The van der Waals surface area contributed by atoms with Crippen LogP contribution >= 0.6 is 0 Å². The van der Waals surface area contributed by atoms with Gasteiger partial charge in [-0.15, -0.1) is 0 Å². The van der Waals surface area contributed by atoms with E-state index in [1.54, 1.807) is 36.4 Å². The molecule has 0 aliphatic carbocycles. The lowest BCUT2D eigenvalue weighted by molar-refractivity contribution is -0.137. The van der Waals surface area contributed by atoms with Gasteiger partial charge >= 0.3 is 12.1 Å². The number of amides is 1. The lowest BCUT2D eigenvalue weighted by atomic mass is 9.99. The average molecular weight is 546 g/mol. The van der Waals surface area contributed by atoms with Crippen molar-refractivity contribution in [2.45, 2.75) is 20.0 Å². The second kappa shape index (κ2) is 9.88. The smallest absolute Gasteiger partial charge is 0.416 e. The van der Waals surface area contributed by atoms with Gasteiger partial charge in [-0.25, -0.2) is 4.79 Å². The second-order valence-corrected chi connectivity index (χ2v) is 9.26. The highest BCUT2D eigenvalue weighted by molar-refractivity contribution is 6.55. The molecule has 1 amide bonds. The van der Waals surface area contributed by atoms with Gasteiger partial charge < -0.3 is 10.2 Å². The Morgan fingerprint density at radius 2 is 1.55 bits per heavy atom.